The van der Waals surface area contributed by atoms with Gasteiger partial charge in [-0.05, 0) is 31.7 Å². The smallest absolute Gasteiger partial charge is 0.0218 e. The molecule has 64 valence electrons. The molecule has 0 spiro atoms. The van der Waals surface area contributed by atoms with Crippen molar-refractivity contribution in [1.82, 2.24) is 10.6 Å². The maximum atomic E-state index is 3.57. The lowest BCUT2D eigenvalue weighted by molar-refractivity contribution is 0.447. The van der Waals surface area contributed by atoms with Crippen molar-refractivity contribution in [1.29, 1.82) is 0 Å². The van der Waals surface area contributed by atoms with E-state index in [0.717, 1.165) is 18.0 Å². The molecule has 0 aromatic heterocycles. The van der Waals surface area contributed by atoms with E-state index < -0.39 is 0 Å². The molecule has 0 bridgehead atoms. The van der Waals surface area contributed by atoms with E-state index >= 15 is 0 Å². The summed E-state index contributed by atoms with van der Waals surface area (Å²) in [6.45, 7) is 4.75. The summed E-state index contributed by atoms with van der Waals surface area (Å²) in [5, 5.41) is 7.09. The predicted molar refractivity (Wildman–Crippen MR) is 46.6 cm³/mol. The van der Waals surface area contributed by atoms with Crippen molar-refractivity contribution in [3.05, 3.63) is 0 Å². The van der Waals surface area contributed by atoms with Gasteiger partial charge in [-0.1, -0.05) is 6.92 Å². The van der Waals surface area contributed by atoms with Gasteiger partial charge in [-0.3, -0.25) is 0 Å². The molecule has 2 rings (SSSR count). The molecule has 2 unspecified atom stereocenters. The van der Waals surface area contributed by atoms with Crippen molar-refractivity contribution in [2.24, 2.45) is 5.92 Å². The standard InChI is InChI=1S/C9H18N2/c1-7-4-5-10-9(7)6-11-8-2-3-8/h7-11H,2-6H2,1H3. The summed E-state index contributed by atoms with van der Waals surface area (Å²) in [5.41, 5.74) is 0. The summed E-state index contributed by atoms with van der Waals surface area (Å²) in [7, 11) is 0. The van der Waals surface area contributed by atoms with E-state index in [1.165, 1.54) is 32.4 Å². The molecule has 1 heterocycles. The maximum absolute atomic E-state index is 3.57. The number of hydrogen-bond donors (Lipinski definition) is 2. The molecule has 2 nitrogen and oxygen atoms in total. The largest absolute Gasteiger partial charge is 0.312 e. The lowest BCUT2D eigenvalue weighted by Crippen LogP contribution is -2.37. The minimum atomic E-state index is 0.746. The second-order valence-corrected chi connectivity index (χ2v) is 4.01. The zero-order valence-electron chi connectivity index (χ0n) is 7.27. The highest BCUT2D eigenvalue weighted by molar-refractivity contribution is 4.87. The van der Waals surface area contributed by atoms with Crippen LogP contribution in [0.3, 0.4) is 0 Å². The summed E-state index contributed by atoms with van der Waals surface area (Å²) in [6, 6.07) is 1.61. The van der Waals surface area contributed by atoms with Gasteiger partial charge in [0.15, 0.2) is 0 Å². The first-order valence-electron chi connectivity index (χ1n) is 4.83. The Morgan fingerprint density at radius 1 is 1.36 bits per heavy atom. The minimum absolute atomic E-state index is 0.746. The molecule has 2 fully saturated rings. The first kappa shape index (κ1) is 7.56. The molecule has 2 N–H and O–H groups in total. The molecule has 1 saturated heterocycles. The van der Waals surface area contributed by atoms with Gasteiger partial charge in [0, 0.05) is 18.6 Å². The highest BCUT2D eigenvalue weighted by atomic mass is 15.0. The molecular formula is C9H18N2. The third kappa shape index (κ3) is 1.94. The second kappa shape index (κ2) is 3.11. The fourth-order valence-corrected chi connectivity index (χ4v) is 1.75. The quantitative estimate of drug-likeness (QED) is 0.626. The van der Waals surface area contributed by atoms with Gasteiger partial charge in [-0.2, -0.15) is 0 Å². The Hall–Kier alpha value is -0.0800. The van der Waals surface area contributed by atoms with Crippen LogP contribution in [0, 0.1) is 5.92 Å². The van der Waals surface area contributed by atoms with E-state index in [9.17, 15) is 0 Å². The molecule has 2 aliphatic rings. The summed E-state index contributed by atoms with van der Waals surface area (Å²) in [4.78, 5) is 0. The fourth-order valence-electron chi connectivity index (χ4n) is 1.75. The van der Waals surface area contributed by atoms with Gasteiger partial charge in [-0.15, -0.1) is 0 Å². The number of hydrogen-bond acceptors (Lipinski definition) is 2. The van der Waals surface area contributed by atoms with Gasteiger partial charge >= 0.3 is 0 Å². The fraction of sp³-hybridized carbons (Fsp3) is 1.00. The van der Waals surface area contributed by atoms with Crippen LogP contribution in [0.1, 0.15) is 26.2 Å². The third-order valence-corrected chi connectivity index (χ3v) is 2.90. The van der Waals surface area contributed by atoms with Crippen molar-refractivity contribution in [2.75, 3.05) is 13.1 Å². The average molecular weight is 154 g/mol. The van der Waals surface area contributed by atoms with E-state index in [1.54, 1.807) is 0 Å². The average Bonchev–Trinajstić information content (AvgIpc) is 2.73. The highest BCUT2D eigenvalue weighted by Gasteiger charge is 2.26. The minimum Gasteiger partial charge on any atom is -0.312 e. The Bertz CT molecular complexity index is 132. The van der Waals surface area contributed by atoms with Crippen molar-refractivity contribution in [2.45, 2.75) is 38.3 Å². The first-order valence-corrected chi connectivity index (χ1v) is 4.83. The van der Waals surface area contributed by atoms with Crippen LogP contribution in [-0.2, 0) is 0 Å². The van der Waals surface area contributed by atoms with Gasteiger partial charge in [0.2, 0.25) is 0 Å². The van der Waals surface area contributed by atoms with E-state index in [2.05, 4.69) is 17.6 Å². The van der Waals surface area contributed by atoms with Crippen LogP contribution in [0.25, 0.3) is 0 Å². The molecule has 0 amide bonds. The monoisotopic (exact) mass is 154 g/mol. The van der Waals surface area contributed by atoms with E-state index in [-0.39, 0.29) is 0 Å². The molecule has 11 heavy (non-hydrogen) atoms. The van der Waals surface area contributed by atoms with Crippen LogP contribution in [0.15, 0.2) is 0 Å². The van der Waals surface area contributed by atoms with Crippen LogP contribution >= 0.6 is 0 Å². The number of rotatable bonds is 3. The summed E-state index contributed by atoms with van der Waals surface area (Å²) in [5.74, 6) is 0.876. The van der Waals surface area contributed by atoms with E-state index in [1.807, 2.05) is 0 Å². The van der Waals surface area contributed by atoms with Crippen LogP contribution in [-0.4, -0.2) is 25.2 Å². The first-order chi connectivity index (χ1) is 5.36. The molecule has 1 aliphatic heterocycles. The van der Waals surface area contributed by atoms with Gasteiger partial charge in [0.1, 0.15) is 0 Å². The van der Waals surface area contributed by atoms with Crippen molar-refractivity contribution >= 4 is 0 Å². The maximum Gasteiger partial charge on any atom is 0.0218 e. The van der Waals surface area contributed by atoms with Crippen LogP contribution < -0.4 is 10.6 Å². The lowest BCUT2D eigenvalue weighted by Gasteiger charge is -2.15. The Morgan fingerprint density at radius 3 is 2.73 bits per heavy atom. The zero-order chi connectivity index (χ0) is 7.68. The molecule has 2 atom stereocenters. The van der Waals surface area contributed by atoms with Crippen LogP contribution in [0.4, 0.5) is 0 Å². The van der Waals surface area contributed by atoms with Crippen molar-refractivity contribution < 1.29 is 0 Å². The molecule has 0 aromatic carbocycles. The van der Waals surface area contributed by atoms with Gasteiger partial charge in [0.25, 0.3) is 0 Å². The Morgan fingerprint density at radius 2 is 2.18 bits per heavy atom. The highest BCUT2D eigenvalue weighted by Crippen LogP contribution is 2.20. The van der Waals surface area contributed by atoms with Gasteiger partial charge in [-0.25, -0.2) is 0 Å². The Balaban J connectivity index is 1.67. The Labute approximate surface area is 68.7 Å². The summed E-state index contributed by atoms with van der Waals surface area (Å²) >= 11 is 0. The molecular weight excluding hydrogens is 136 g/mol. The van der Waals surface area contributed by atoms with Crippen LogP contribution in [0.5, 0.6) is 0 Å². The van der Waals surface area contributed by atoms with E-state index in [0.29, 0.717) is 0 Å². The summed E-state index contributed by atoms with van der Waals surface area (Å²) in [6.07, 6.45) is 4.17. The summed E-state index contributed by atoms with van der Waals surface area (Å²) < 4.78 is 0. The van der Waals surface area contributed by atoms with Crippen LogP contribution in [0.2, 0.25) is 0 Å². The van der Waals surface area contributed by atoms with E-state index in [4.69, 9.17) is 0 Å². The Kier molecular flexibility index (Phi) is 2.14. The normalized spacial score (nSPS) is 37.9. The van der Waals surface area contributed by atoms with Gasteiger partial charge in [0.05, 0.1) is 0 Å². The SMILES string of the molecule is CC1CCNC1CNC1CC1. The second-order valence-electron chi connectivity index (χ2n) is 4.01. The molecule has 0 radical (unpaired) electrons. The van der Waals surface area contributed by atoms with Crippen molar-refractivity contribution in [3.63, 3.8) is 0 Å². The molecule has 1 aliphatic carbocycles. The van der Waals surface area contributed by atoms with Gasteiger partial charge < -0.3 is 10.6 Å². The topological polar surface area (TPSA) is 24.1 Å². The van der Waals surface area contributed by atoms with Crippen molar-refractivity contribution in [3.8, 4) is 0 Å². The molecule has 0 aromatic rings. The molecule has 2 heteroatoms. The molecule has 1 saturated carbocycles. The zero-order valence-corrected chi connectivity index (χ0v) is 7.27. The predicted octanol–water partition coefficient (Wildman–Crippen LogP) is 0.736. The third-order valence-electron chi connectivity index (χ3n) is 2.90. The lowest BCUT2D eigenvalue weighted by atomic mass is 10.0. The number of nitrogens with one attached hydrogen (secondary N) is 2.